The fourth-order valence-electron chi connectivity index (χ4n) is 2.90. The first-order valence-corrected chi connectivity index (χ1v) is 9.33. The Hall–Kier alpha value is -3.91. The summed E-state index contributed by atoms with van der Waals surface area (Å²) in [5.41, 5.74) is 2.18. The Morgan fingerprint density at radius 3 is 2.67 bits per heavy atom. The van der Waals surface area contributed by atoms with E-state index >= 15 is 0 Å². The minimum absolute atomic E-state index is 0.0576. The summed E-state index contributed by atoms with van der Waals surface area (Å²) < 4.78 is 0. The van der Waals surface area contributed by atoms with Crippen molar-refractivity contribution in [2.75, 3.05) is 11.9 Å². The van der Waals surface area contributed by atoms with E-state index in [-0.39, 0.29) is 22.9 Å². The molecule has 0 atom stereocenters. The first-order valence-electron chi connectivity index (χ1n) is 8.95. The van der Waals surface area contributed by atoms with Crippen molar-refractivity contribution in [3.8, 4) is 16.9 Å². The predicted molar refractivity (Wildman–Crippen MR) is 113 cm³/mol. The molecule has 4 aromatic rings. The standard InChI is InChI=1S/C21H16ClN5O3/c22-17-6-13(3-4-18(17)28)21(30)24-11-20(29)27-19-7-15-5-12(16-9-25-26-10-16)1-2-14(15)8-23-19/h1-10,28H,11H2,(H,24,30)(H,25,26)(H,23,27,29). The number of nitrogens with one attached hydrogen (secondary N) is 3. The molecule has 30 heavy (non-hydrogen) atoms. The zero-order valence-electron chi connectivity index (χ0n) is 15.5. The number of aromatic hydroxyl groups is 1. The molecule has 0 spiro atoms. The maximum atomic E-state index is 12.2. The van der Waals surface area contributed by atoms with Crippen molar-refractivity contribution in [3.63, 3.8) is 0 Å². The second-order valence-electron chi connectivity index (χ2n) is 6.52. The van der Waals surface area contributed by atoms with Crippen LogP contribution in [0.25, 0.3) is 21.9 Å². The molecular formula is C21H16ClN5O3. The van der Waals surface area contributed by atoms with Gasteiger partial charge in [-0.05, 0) is 41.3 Å². The number of anilines is 1. The van der Waals surface area contributed by atoms with E-state index < -0.39 is 11.8 Å². The van der Waals surface area contributed by atoms with Gasteiger partial charge in [0.05, 0.1) is 17.8 Å². The fourth-order valence-corrected chi connectivity index (χ4v) is 3.08. The van der Waals surface area contributed by atoms with Crippen LogP contribution in [-0.4, -0.2) is 38.6 Å². The summed E-state index contributed by atoms with van der Waals surface area (Å²) >= 11 is 5.80. The normalized spacial score (nSPS) is 10.7. The third-order valence-electron chi connectivity index (χ3n) is 4.44. The molecule has 2 aromatic heterocycles. The first-order chi connectivity index (χ1) is 14.5. The van der Waals surface area contributed by atoms with Gasteiger partial charge in [0.2, 0.25) is 5.91 Å². The topological polar surface area (TPSA) is 120 Å². The van der Waals surface area contributed by atoms with Gasteiger partial charge in [-0.25, -0.2) is 4.98 Å². The number of carbonyl (C=O) groups is 2. The Labute approximate surface area is 175 Å². The van der Waals surface area contributed by atoms with Gasteiger partial charge in [-0.1, -0.05) is 23.7 Å². The van der Waals surface area contributed by atoms with Gasteiger partial charge in [0, 0.05) is 28.9 Å². The lowest BCUT2D eigenvalue weighted by Crippen LogP contribution is -2.33. The van der Waals surface area contributed by atoms with Crippen molar-refractivity contribution in [2.45, 2.75) is 0 Å². The summed E-state index contributed by atoms with van der Waals surface area (Å²) in [7, 11) is 0. The molecule has 0 aliphatic carbocycles. The highest BCUT2D eigenvalue weighted by Gasteiger charge is 2.11. The van der Waals surface area contributed by atoms with E-state index in [0.717, 1.165) is 21.9 Å². The number of H-pyrrole nitrogens is 1. The van der Waals surface area contributed by atoms with Crippen LogP contribution in [0.3, 0.4) is 0 Å². The number of nitrogens with zero attached hydrogens (tertiary/aromatic N) is 2. The Morgan fingerprint density at radius 2 is 1.90 bits per heavy atom. The minimum atomic E-state index is -0.483. The molecule has 8 nitrogen and oxygen atoms in total. The molecular weight excluding hydrogens is 406 g/mol. The Kier molecular flexibility index (Phi) is 5.32. The molecule has 0 unspecified atom stereocenters. The highest BCUT2D eigenvalue weighted by atomic mass is 35.5. The Bertz CT molecular complexity index is 1240. The quantitative estimate of drug-likeness (QED) is 0.394. The summed E-state index contributed by atoms with van der Waals surface area (Å²) in [4.78, 5) is 28.6. The van der Waals surface area contributed by atoms with E-state index in [2.05, 4.69) is 25.8 Å². The zero-order chi connectivity index (χ0) is 21.1. The van der Waals surface area contributed by atoms with Crippen LogP contribution in [0.2, 0.25) is 5.02 Å². The Balaban J connectivity index is 1.42. The minimum Gasteiger partial charge on any atom is -0.506 e. The van der Waals surface area contributed by atoms with E-state index in [1.54, 1.807) is 24.7 Å². The number of pyridine rings is 1. The molecule has 0 saturated heterocycles. The maximum Gasteiger partial charge on any atom is 0.251 e. The molecule has 4 rings (SSSR count). The van der Waals surface area contributed by atoms with E-state index in [4.69, 9.17) is 11.6 Å². The Morgan fingerprint density at radius 1 is 1.03 bits per heavy atom. The average molecular weight is 422 g/mol. The monoisotopic (exact) mass is 421 g/mol. The van der Waals surface area contributed by atoms with Crippen molar-refractivity contribution in [1.29, 1.82) is 0 Å². The van der Waals surface area contributed by atoms with Crippen molar-refractivity contribution >= 4 is 40.0 Å². The molecule has 0 aliphatic rings. The lowest BCUT2D eigenvalue weighted by Gasteiger charge is -2.08. The smallest absolute Gasteiger partial charge is 0.251 e. The number of benzene rings is 2. The fraction of sp³-hybridized carbons (Fsp3) is 0.0476. The molecule has 0 saturated carbocycles. The van der Waals surface area contributed by atoms with E-state index in [0.29, 0.717) is 5.82 Å². The number of fused-ring (bicyclic) bond motifs is 1. The number of amides is 2. The number of aromatic nitrogens is 3. The average Bonchev–Trinajstić information content (AvgIpc) is 3.28. The van der Waals surface area contributed by atoms with Crippen molar-refractivity contribution in [3.05, 3.63) is 71.6 Å². The molecule has 4 N–H and O–H groups in total. The summed E-state index contributed by atoms with van der Waals surface area (Å²) in [5.74, 6) is -0.655. The lowest BCUT2D eigenvalue weighted by atomic mass is 10.1. The van der Waals surface area contributed by atoms with Crippen molar-refractivity contribution in [1.82, 2.24) is 20.5 Å². The van der Waals surface area contributed by atoms with Crippen LogP contribution >= 0.6 is 11.6 Å². The van der Waals surface area contributed by atoms with Crippen molar-refractivity contribution < 1.29 is 14.7 Å². The van der Waals surface area contributed by atoms with E-state index in [1.165, 1.54) is 18.2 Å². The van der Waals surface area contributed by atoms with Crippen LogP contribution in [0.4, 0.5) is 5.82 Å². The predicted octanol–water partition coefficient (Wildman–Crippen LogP) is 3.35. The second-order valence-corrected chi connectivity index (χ2v) is 6.92. The van der Waals surface area contributed by atoms with Gasteiger partial charge >= 0.3 is 0 Å². The number of aromatic amines is 1. The maximum absolute atomic E-state index is 12.2. The molecule has 2 aromatic carbocycles. The van der Waals surface area contributed by atoms with Crippen LogP contribution < -0.4 is 10.6 Å². The summed E-state index contributed by atoms with van der Waals surface area (Å²) in [6.07, 6.45) is 5.20. The number of phenolic OH excluding ortho intramolecular Hbond substituents is 1. The van der Waals surface area contributed by atoms with Gasteiger partial charge in [-0.15, -0.1) is 0 Å². The molecule has 0 radical (unpaired) electrons. The van der Waals surface area contributed by atoms with Gasteiger partial charge in [-0.2, -0.15) is 5.10 Å². The number of carbonyl (C=O) groups excluding carboxylic acids is 2. The van der Waals surface area contributed by atoms with Gasteiger partial charge < -0.3 is 15.7 Å². The van der Waals surface area contributed by atoms with Crippen molar-refractivity contribution in [2.24, 2.45) is 0 Å². The molecule has 9 heteroatoms. The van der Waals surface area contributed by atoms with Crippen LogP contribution in [0.15, 0.2) is 61.1 Å². The summed E-state index contributed by atoms with van der Waals surface area (Å²) in [6.45, 7) is -0.244. The highest BCUT2D eigenvalue weighted by molar-refractivity contribution is 6.32. The second kappa shape index (κ2) is 8.22. The SMILES string of the molecule is O=C(CNC(=O)c1ccc(O)c(Cl)c1)Nc1cc2cc(-c3cn[nH]c3)ccc2cn1. The van der Waals surface area contributed by atoms with Gasteiger partial charge in [0.25, 0.3) is 5.91 Å². The van der Waals surface area contributed by atoms with Gasteiger partial charge in [-0.3, -0.25) is 14.7 Å². The molecule has 2 heterocycles. The summed E-state index contributed by atoms with van der Waals surface area (Å²) in [6, 6.07) is 11.7. The van der Waals surface area contributed by atoms with E-state index in [1.807, 2.05) is 18.2 Å². The highest BCUT2D eigenvalue weighted by Crippen LogP contribution is 2.25. The molecule has 150 valence electrons. The van der Waals surface area contributed by atoms with E-state index in [9.17, 15) is 14.7 Å². The zero-order valence-corrected chi connectivity index (χ0v) is 16.3. The number of hydrogen-bond acceptors (Lipinski definition) is 5. The molecule has 2 amide bonds. The number of halogens is 1. The molecule has 0 fully saturated rings. The number of rotatable bonds is 5. The molecule has 0 aliphatic heterocycles. The first kappa shape index (κ1) is 19.4. The van der Waals surface area contributed by atoms with Crippen LogP contribution in [0.1, 0.15) is 10.4 Å². The molecule has 0 bridgehead atoms. The van der Waals surface area contributed by atoms with Gasteiger partial charge in [0.15, 0.2) is 0 Å². The number of hydrogen-bond donors (Lipinski definition) is 4. The largest absolute Gasteiger partial charge is 0.506 e. The van der Waals surface area contributed by atoms with Crippen LogP contribution in [0, 0.1) is 0 Å². The number of phenols is 1. The lowest BCUT2D eigenvalue weighted by molar-refractivity contribution is -0.115. The van der Waals surface area contributed by atoms with Crippen LogP contribution in [-0.2, 0) is 4.79 Å². The van der Waals surface area contributed by atoms with Gasteiger partial charge in [0.1, 0.15) is 11.6 Å². The third kappa shape index (κ3) is 4.23. The van der Waals surface area contributed by atoms with Crippen LogP contribution in [0.5, 0.6) is 5.75 Å². The third-order valence-corrected chi connectivity index (χ3v) is 4.74. The summed E-state index contributed by atoms with van der Waals surface area (Å²) in [5, 5.41) is 23.2.